The number of hydrogen-bond acceptors (Lipinski definition) is 3. The highest BCUT2D eigenvalue weighted by Gasteiger charge is 2.05. The van der Waals surface area contributed by atoms with E-state index in [9.17, 15) is 0 Å². The van der Waals surface area contributed by atoms with Crippen molar-refractivity contribution in [3.63, 3.8) is 0 Å². The Kier molecular flexibility index (Phi) is 3.89. The fourth-order valence-electron chi connectivity index (χ4n) is 1.29. The summed E-state index contributed by atoms with van der Waals surface area (Å²) >= 11 is 0. The molecule has 0 saturated carbocycles. The van der Waals surface area contributed by atoms with Crippen LogP contribution in [0.3, 0.4) is 0 Å². The maximum absolute atomic E-state index is 3.76. The molecule has 0 fully saturated rings. The van der Waals surface area contributed by atoms with Crippen LogP contribution < -0.4 is 5.32 Å². The first-order chi connectivity index (χ1) is 6.22. The number of nitrogens with zero attached hydrogens (tertiary/aromatic N) is 3. The molecule has 4 heteroatoms. The minimum atomic E-state index is 0.464. The highest BCUT2D eigenvalue weighted by Crippen LogP contribution is 1.94. The van der Waals surface area contributed by atoms with E-state index >= 15 is 0 Å². The maximum Gasteiger partial charge on any atom is 0.119 e. The molecule has 0 saturated heterocycles. The van der Waals surface area contributed by atoms with Gasteiger partial charge in [-0.3, -0.25) is 0 Å². The molecule has 74 valence electrons. The molecule has 2 atom stereocenters. The van der Waals surface area contributed by atoms with Crippen molar-refractivity contribution in [3.8, 4) is 0 Å². The van der Waals surface area contributed by atoms with Crippen molar-refractivity contribution in [2.75, 3.05) is 0 Å². The quantitative estimate of drug-likeness (QED) is 0.740. The molecule has 1 heterocycles. The van der Waals surface area contributed by atoms with Gasteiger partial charge in [0.1, 0.15) is 12.7 Å². The van der Waals surface area contributed by atoms with Crippen LogP contribution in [0.2, 0.25) is 0 Å². The summed E-state index contributed by atoms with van der Waals surface area (Å²) in [5, 5.41) is 11.0. The molecule has 0 aliphatic rings. The summed E-state index contributed by atoms with van der Waals surface area (Å²) in [6.45, 7) is 7.48. The third-order valence-corrected chi connectivity index (χ3v) is 2.13. The highest BCUT2D eigenvalue weighted by atomic mass is 15.2. The van der Waals surface area contributed by atoms with E-state index in [1.165, 1.54) is 0 Å². The lowest BCUT2D eigenvalue weighted by Gasteiger charge is -2.18. The lowest BCUT2D eigenvalue weighted by atomic mass is 10.2. The van der Waals surface area contributed by atoms with E-state index in [4.69, 9.17) is 0 Å². The molecule has 1 rings (SSSR count). The third-order valence-electron chi connectivity index (χ3n) is 2.13. The van der Waals surface area contributed by atoms with Gasteiger partial charge in [0, 0.05) is 18.6 Å². The number of aromatic nitrogens is 3. The molecular weight excluding hydrogens is 164 g/mol. The summed E-state index contributed by atoms with van der Waals surface area (Å²) in [5.74, 6) is 0. The lowest BCUT2D eigenvalue weighted by Crippen LogP contribution is -2.36. The van der Waals surface area contributed by atoms with Crippen molar-refractivity contribution >= 4 is 0 Å². The molecule has 0 amide bonds. The van der Waals surface area contributed by atoms with Crippen LogP contribution in [0.25, 0.3) is 0 Å². The van der Waals surface area contributed by atoms with Gasteiger partial charge in [0.05, 0.1) is 0 Å². The molecule has 0 spiro atoms. The average Bonchev–Trinajstić information content (AvgIpc) is 2.56. The number of nitrogens with one attached hydrogen (secondary N) is 1. The van der Waals surface area contributed by atoms with E-state index in [0.29, 0.717) is 12.1 Å². The van der Waals surface area contributed by atoms with E-state index in [2.05, 4.69) is 36.3 Å². The van der Waals surface area contributed by atoms with Crippen LogP contribution in [-0.4, -0.2) is 26.8 Å². The second-order valence-corrected chi connectivity index (χ2v) is 3.54. The molecule has 1 N–H and O–H groups in total. The Hall–Kier alpha value is -0.900. The van der Waals surface area contributed by atoms with Gasteiger partial charge in [-0.1, -0.05) is 6.92 Å². The van der Waals surface area contributed by atoms with E-state index < -0.39 is 0 Å². The van der Waals surface area contributed by atoms with Gasteiger partial charge in [-0.05, 0) is 20.3 Å². The Balaban J connectivity index is 2.29. The standard InChI is InChI=1S/C9H18N4/c1-4-8(2)12-9(3)5-13-6-10-11-7-13/h6-9,12H,4-5H2,1-3H3. The van der Waals surface area contributed by atoms with Gasteiger partial charge in [-0.25, -0.2) is 0 Å². The second-order valence-electron chi connectivity index (χ2n) is 3.54. The molecule has 0 aliphatic heterocycles. The van der Waals surface area contributed by atoms with E-state index in [1.54, 1.807) is 12.7 Å². The largest absolute Gasteiger partial charge is 0.319 e. The van der Waals surface area contributed by atoms with Crippen molar-refractivity contribution in [2.45, 2.75) is 45.8 Å². The molecule has 1 aromatic heterocycles. The highest BCUT2D eigenvalue weighted by molar-refractivity contribution is 4.69. The van der Waals surface area contributed by atoms with Crippen molar-refractivity contribution in [2.24, 2.45) is 0 Å². The van der Waals surface area contributed by atoms with Gasteiger partial charge in [-0.2, -0.15) is 0 Å². The Labute approximate surface area is 79.4 Å². The third kappa shape index (κ3) is 3.55. The zero-order valence-corrected chi connectivity index (χ0v) is 8.57. The molecule has 0 aromatic carbocycles. The average molecular weight is 182 g/mol. The first-order valence-electron chi connectivity index (χ1n) is 4.80. The van der Waals surface area contributed by atoms with E-state index in [-0.39, 0.29) is 0 Å². The fraction of sp³-hybridized carbons (Fsp3) is 0.778. The van der Waals surface area contributed by atoms with E-state index in [0.717, 1.165) is 13.0 Å². The Morgan fingerprint density at radius 3 is 2.38 bits per heavy atom. The van der Waals surface area contributed by atoms with Gasteiger partial charge in [0.2, 0.25) is 0 Å². The first-order valence-corrected chi connectivity index (χ1v) is 4.80. The predicted molar refractivity (Wildman–Crippen MR) is 52.4 cm³/mol. The summed E-state index contributed by atoms with van der Waals surface area (Å²) in [7, 11) is 0. The Morgan fingerprint density at radius 2 is 1.85 bits per heavy atom. The normalized spacial score (nSPS) is 15.6. The zero-order chi connectivity index (χ0) is 9.68. The molecule has 0 bridgehead atoms. The van der Waals surface area contributed by atoms with Crippen LogP contribution in [0.1, 0.15) is 27.2 Å². The van der Waals surface area contributed by atoms with Crippen LogP contribution in [0, 0.1) is 0 Å². The Morgan fingerprint density at radius 1 is 1.23 bits per heavy atom. The van der Waals surface area contributed by atoms with Gasteiger partial charge in [-0.15, -0.1) is 10.2 Å². The molecule has 13 heavy (non-hydrogen) atoms. The number of rotatable bonds is 5. The molecule has 0 aliphatic carbocycles. The van der Waals surface area contributed by atoms with Gasteiger partial charge >= 0.3 is 0 Å². The van der Waals surface area contributed by atoms with Crippen LogP contribution in [0.15, 0.2) is 12.7 Å². The smallest absolute Gasteiger partial charge is 0.119 e. The van der Waals surface area contributed by atoms with Crippen molar-refractivity contribution in [3.05, 3.63) is 12.7 Å². The summed E-state index contributed by atoms with van der Waals surface area (Å²) in [6.07, 6.45) is 4.65. The molecule has 4 nitrogen and oxygen atoms in total. The minimum Gasteiger partial charge on any atom is -0.319 e. The van der Waals surface area contributed by atoms with Crippen LogP contribution in [0.5, 0.6) is 0 Å². The van der Waals surface area contributed by atoms with Gasteiger partial charge < -0.3 is 9.88 Å². The summed E-state index contributed by atoms with van der Waals surface area (Å²) in [6, 6.07) is 1.04. The maximum atomic E-state index is 3.76. The Bertz CT molecular complexity index is 220. The minimum absolute atomic E-state index is 0.464. The second kappa shape index (κ2) is 4.97. The predicted octanol–water partition coefficient (Wildman–Crippen LogP) is 1.05. The van der Waals surface area contributed by atoms with E-state index in [1.807, 2.05) is 4.57 Å². The molecule has 2 unspecified atom stereocenters. The van der Waals surface area contributed by atoms with Crippen LogP contribution in [0.4, 0.5) is 0 Å². The lowest BCUT2D eigenvalue weighted by molar-refractivity contribution is 0.416. The molecule has 0 radical (unpaired) electrons. The molecular formula is C9H18N4. The first kappa shape index (κ1) is 10.2. The van der Waals surface area contributed by atoms with Crippen LogP contribution in [-0.2, 0) is 6.54 Å². The van der Waals surface area contributed by atoms with Crippen molar-refractivity contribution in [1.82, 2.24) is 20.1 Å². The van der Waals surface area contributed by atoms with Crippen molar-refractivity contribution in [1.29, 1.82) is 0 Å². The SMILES string of the molecule is CCC(C)NC(C)Cn1cnnc1. The van der Waals surface area contributed by atoms with Crippen LogP contribution >= 0.6 is 0 Å². The summed E-state index contributed by atoms with van der Waals surface area (Å²) in [4.78, 5) is 0. The van der Waals surface area contributed by atoms with Gasteiger partial charge in [0.25, 0.3) is 0 Å². The zero-order valence-electron chi connectivity index (χ0n) is 8.57. The fourth-order valence-corrected chi connectivity index (χ4v) is 1.29. The van der Waals surface area contributed by atoms with Gasteiger partial charge in [0.15, 0.2) is 0 Å². The summed E-state index contributed by atoms with van der Waals surface area (Å²) in [5.41, 5.74) is 0. The number of hydrogen-bond donors (Lipinski definition) is 1. The summed E-state index contributed by atoms with van der Waals surface area (Å²) < 4.78 is 1.99. The molecule has 1 aromatic rings. The monoisotopic (exact) mass is 182 g/mol. The van der Waals surface area contributed by atoms with Crippen molar-refractivity contribution < 1.29 is 0 Å². The topological polar surface area (TPSA) is 42.7 Å².